The van der Waals surface area contributed by atoms with E-state index in [1.807, 2.05) is 36.4 Å². The summed E-state index contributed by atoms with van der Waals surface area (Å²) in [4.78, 5) is 31.6. The minimum Gasteiger partial charge on any atom is -0.466 e. The summed E-state index contributed by atoms with van der Waals surface area (Å²) in [5.41, 5.74) is 3.49. The second-order valence-corrected chi connectivity index (χ2v) is 6.52. The highest BCUT2D eigenvalue weighted by Gasteiger charge is 2.23. The predicted octanol–water partition coefficient (Wildman–Crippen LogP) is 3.91. The number of esters is 2. The molecule has 0 aliphatic rings. The Labute approximate surface area is 163 Å². The Bertz CT molecular complexity index is 950. The van der Waals surface area contributed by atoms with Crippen molar-refractivity contribution < 1.29 is 19.1 Å². The molecule has 1 aromatic heterocycles. The standard InChI is InChI=1S/C22H24N2O4/c1-3-27-21(26)14-19(28-15(2)25)17-10-7-11-18-22(17)24-20(23-18)13-12-16-8-5-4-6-9-16/h4-11,19H,3,12-14H2,1-2H3,(H,23,24). The zero-order chi connectivity index (χ0) is 19.9. The molecule has 0 amide bonds. The molecule has 6 nitrogen and oxygen atoms in total. The van der Waals surface area contributed by atoms with Crippen LogP contribution >= 0.6 is 0 Å². The van der Waals surface area contributed by atoms with Crippen LogP contribution in [0.4, 0.5) is 0 Å². The Morgan fingerprint density at radius 1 is 1.07 bits per heavy atom. The van der Waals surface area contributed by atoms with Gasteiger partial charge in [0, 0.05) is 18.9 Å². The molecule has 0 saturated heterocycles. The van der Waals surface area contributed by atoms with Gasteiger partial charge in [0.15, 0.2) is 0 Å². The van der Waals surface area contributed by atoms with Crippen molar-refractivity contribution in [2.24, 2.45) is 0 Å². The van der Waals surface area contributed by atoms with E-state index >= 15 is 0 Å². The number of aromatic nitrogens is 2. The first-order chi connectivity index (χ1) is 13.6. The lowest BCUT2D eigenvalue weighted by Gasteiger charge is -2.17. The van der Waals surface area contributed by atoms with E-state index in [0.29, 0.717) is 11.1 Å². The molecule has 6 heteroatoms. The van der Waals surface area contributed by atoms with Crippen LogP contribution in [-0.4, -0.2) is 28.5 Å². The van der Waals surface area contributed by atoms with E-state index in [2.05, 4.69) is 17.1 Å². The zero-order valence-electron chi connectivity index (χ0n) is 16.1. The SMILES string of the molecule is CCOC(=O)CC(OC(C)=O)c1cccc2[nH]c(CCc3ccccc3)nc12. The molecule has 0 saturated carbocycles. The van der Waals surface area contributed by atoms with Crippen molar-refractivity contribution in [3.05, 3.63) is 65.5 Å². The number of rotatable bonds is 8. The van der Waals surface area contributed by atoms with Crippen LogP contribution in [0.5, 0.6) is 0 Å². The molecule has 3 aromatic rings. The van der Waals surface area contributed by atoms with Gasteiger partial charge < -0.3 is 14.5 Å². The highest BCUT2D eigenvalue weighted by atomic mass is 16.6. The first-order valence-electron chi connectivity index (χ1n) is 9.41. The number of benzene rings is 2. The molecule has 2 aromatic carbocycles. The van der Waals surface area contributed by atoms with E-state index in [-0.39, 0.29) is 13.0 Å². The average molecular weight is 380 g/mol. The van der Waals surface area contributed by atoms with Crippen LogP contribution in [0.25, 0.3) is 11.0 Å². The van der Waals surface area contributed by atoms with Crippen LogP contribution in [0, 0.1) is 0 Å². The Hall–Kier alpha value is -3.15. The molecule has 146 valence electrons. The Morgan fingerprint density at radius 2 is 1.86 bits per heavy atom. The maximum Gasteiger partial charge on any atom is 0.309 e. The summed E-state index contributed by atoms with van der Waals surface area (Å²) in [5, 5.41) is 0. The number of nitrogens with zero attached hydrogens (tertiary/aromatic N) is 1. The molecule has 0 spiro atoms. The summed E-state index contributed by atoms with van der Waals surface area (Å²) < 4.78 is 10.4. The number of aromatic amines is 1. The van der Waals surface area contributed by atoms with Crippen LogP contribution in [0.3, 0.4) is 0 Å². The van der Waals surface area contributed by atoms with Crippen molar-refractivity contribution in [1.29, 1.82) is 0 Å². The number of hydrogen-bond donors (Lipinski definition) is 1. The van der Waals surface area contributed by atoms with E-state index in [1.54, 1.807) is 6.92 Å². The Balaban J connectivity index is 1.85. The number of nitrogens with one attached hydrogen (secondary N) is 1. The fraction of sp³-hybridized carbons (Fsp3) is 0.318. The molecule has 0 fully saturated rings. The van der Waals surface area contributed by atoms with E-state index in [1.165, 1.54) is 12.5 Å². The van der Waals surface area contributed by atoms with Gasteiger partial charge in [-0.1, -0.05) is 42.5 Å². The second kappa shape index (κ2) is 9.17. The minimum absolute atomic E-state index is 0.0429. The van der Waals surface area contributed by atoms with Gasteiger partial charge in [-0.25, -0.2) is 4.98 Å². The van der Waals surface area contributed by atoms with Crippen molar-refractivity contribution in [2.45, 2.75) is 39.2 Å². The normalized spacial score (nSPS) is 11.9. The summed E-state index contributed by atoms with van der Waals surface area (Å²) in [6.07, 6.45) is 0.852. The molecular weight excluding hydrogens is 356 g/mol. The van der Waals surface area contributed by atoms with Crippen molar-refractivity contribution in [2.75, 3.05) is 6.61 Å². The molecule has 28 heavy (non-hydrogen) atoms. The van der Waals surface area contributed by atoms with Crippen LogP contribution in [0.1, 0.15) is 43.3 Å². The molecule has 0 aliphatic carbocycles. The third kappa shape index (κ3) is 4.97. The average Bonchev–Trinajstić information content (AvgIpc) is 3.09. The van der Waals surface area contributed by atoms with E-state index in [0.717, 1.165) is 24.2 Å². The summed E-state index contributed by atoms with van der Waals surface area (Å²) in [6, 6.07) is 15.8. The Morgan fingerprint density at radius 3 is 2.57 bits per heavy atom. The lowest BCUT2D eigenvalue weighted by molar-refractivity contribution is -0.153. The highest BCUT2D eigenvalue weighted by molar-refractivity contribution is 5.81. The monoisotopic (exact) mass is 380 g/mol. The van der Waals surface area contributed by atoms with Gasteiger partial charge in [-0.15, -0.1) is 0 Å². The predicted molar refractivity (Wildman–Crippen MR) is 106 cm³/mol. The van der Waals surface area contributed by atoms with Gasteiger partial charge in [-0.05, 0) is 25.0 Å². The number of para-hydroxylation sites is 1. The molecule has 1 unspecified atom stereocenters. The summed E-state index contributed by atoms with van der Waals surface area (Å²) in [6.45, 7) is 3.35. The van der Waals surface area contributed by atoms with Crippen molar-refractivity contribution in [3.63, 3.8) is 0 Å². The van der Waals surface area contributed by atoms with Crippen molar-refractivity contribution >= 4 is 23.0 Å². The van der Waals surface area contributed by atoms with Crippen LogP contribution < -0.4 is 0 Å². The third-order valence-corrected chi connectivity index (χ3v) is 4.40. The summed E-state index contributed by atoms with van der Waals surface area (Å²) >= 11 is 0. The van der Waals surface area contributed by atoms with Crippen LogP contribution in [-0.2, 0) is 31.9 Å². The highest BCUT2D eigenvalue weighted by Crippen LogP contribution is 2.28. The lowest BCUT2D eigenvalue weighted by atomic mass is 10.0. The molecule has 0 radical (unpaired) electrons. The first kappa shape index (κ1) is 19.6. The fourth-order valence-corrected chi connectivity index (χ4v) is 3.18. The number of ether oxygens (including phenoxy) is 2. The molecule has 3 rings (SSSR count). The fourth-order valence-electron chi connectivity index (χ4n) is 3.18. The molecule has 0 bridgehead atoms. The zero-order valence-corrected chi connectivity index (χ0v) is 16.1. The van der Waals surface area contributed by atoms with E-state index in [4.69, 9.17) is 14.5 Å². The van der Waals surface area contributed by atoms with E-state index in [9.17, 15) is 9.59 Å². The second-order valence-electron chi connectivity index (χ2n) is 6.52. The molecular formula is C22H24N2O4. The number of imidazole rings is 1. The number of aryl methyl sites for hydroxylation is 2. The number of carbonyl (C=O) groups is 2. The van der Waals surface area contributed by atoms with Crippen molar-refractivity contribution in [3.8, 4) is 0 Å². The van der Waals surface area contributed by atoms with Gasteiger partial charge >= 0.3 is 11.9 Å². The van der Waals surface area contributed by atoms with Gasteiger partial charge in [0.05, 0.1) is 24.1 Å². The first-order valence-corrected chi connectivity index (χ1v) is 9.41. The molecule has 0 aliphatic heterocycles. The maximum atomic E-state index is 12.0. The maximum absolute atomic E-state index is 12.0. The van der Waals surface area contributed by atoms with Gasteiger partial charge in [-0.3, -0.25) is 9.59 Å². The summed E-state index contributed by atoms with van der Waals surface area (Å²) in [7, 11) is 0. The van der Waals surface area contributed by atoms with Gasteiger partial charge in [0.2, 0.25) is 0 Å². The Kier molecular flexibility index (Phi) is 6.42. The lowest BCUT2D eigenvalue weighted by Crippen LogP contribution is -2.15. The third-order valence-electron chi connectivity index (χ3n) is 4.40. The molecule has 1 heterocycles. The minimum atomic E-state index is -0.731. The van der Waals surface area contributed by atoms with Crippen molar-refractivity contribution in [1.82, 2.24) is 9.97 Å². The largest absolute Gasteiger partial charge is 0.466 e. The van der Waals surface area contributed by atoms with Gasteiger partial charge in [0.1, 0.15) is 11.9 Å². The molecule has 1 atom stereocenters. The topological polar surface area (TPSA) is 81.3 Å². The number of carbonyl (C=O) groups excluding carboxylic acids is 2. The number of hydrogen-bond acceptors (Lipinski definition) is 5. The quantitative estimate of drug-likeness (QED) is 0.599. The summed E-state index contributed by atoms with van der Waals surface area (Å²) in [5.74, 6) is -0.0132. The molecule has 1 N–H and O–H groups in total. The number of fused-ring (bicyclic) bond motifs is 1. The van der Waals surface area contributed by atoms with Crippen LogP contribution in [0.2, 0.25) is 0 Å². The van der Waals surface area contributed by atoms with Gasteiger partial charge in [0.25, 0.3) is 0 Å². The van der Waals surface area contributed by atoms with E-state index < -0.39 is 18.0 Å². The van der Waals surface area contributed by atoms with Gasteiger partial charge in [-0.2, -0.15) is 0 Å². The smallest absolute Gasteiger partial charge is 0.309 e. The number of H-pyrrole nitrogens is 1. The van der Waals surface area contributed by atoms with Crippen LogP contribution in [0.15, 0.2) is 48.5 Å².